The molecule has 0 spiro atoms. The van der Waals surface area contributed by atoms with E-state index < -0.39 is 0 Å². The van der Waals surface area contributed by atoms with E-state index in [1.807, 2.05) is 30.4 Å². The molecule has 3 nitrogen and oxygen atoms in total. The summed E-state index contributed by atoms with van der Waals surface area (Å²) >= 11 is 4.74. The molecule has 2 aliphatic rings. The van der Waals surface area contributed by atoms with Gasteiger partial charge < -0.3 is 14.2 Å². The predicted octanol–water partition coefficient (Wildman–Crippen LogP) is 3.14. The van der Waals surface area contributed by atoms with Crippen molar-refractivity contribution in [2.75, 3.05) is 14.2 Å². The lowest BCUT2D eigenvalue weighted by Crippen LogP contribution is -2.33. The first-order chi connectivity index (χ1) is 9.22. The van der Waals surface area contributed by atoms with Crippen molar-refractivity contribution in [2.24, 2.45) is 5.92 Å². The van der Waals surface area contributed by atoms with E-state index in [2.05, 4.69) is 6.08 Å². The minimum absolute atomic E-state index is 0.0398. The highest BCUT2D eigenvalue weighted by molar-refractivity contribution is 7.80. The Bertz CT molecular complexity index is 550. The maximum absolute atomic E-state index is 6.04. The first-order valence-electron chi connectivity index (χ1n) is 6.19. The number of allylic oxidation sites excluding steroid dienone is 1. The van der Waals surface area contributed by atoms with Gasteiger partial charge in [-0.2, -0.15) is 12.6 Å². The average Bonchev–Trinajstić information content (AvgIpc) is 2.46. The van der Waals surface area contributed by atoms with Crippen LogP contribution in [0.25, 0.3) is 0 Å². The zero-order valence-corrected chi connectivity index (χ0v) is 11.8. The molecule has 0 N–H and O–H groups in total. The Hall–Kier alpha value is -1.55. The van der Waals surface area contributed by atoms with Gasteiger partial charge in [-0.3, -0.25) is 0 Å². The summed E-state index contributed by atoms with van der Waals surface area (Å²) in [5, 5.41) is 0.116. The Kier molecular flexibility index (Phi) is 3.19. The van der Waals surface area contributed by atoms with Gasteiger partial charge in [0.05, 0.1) is 14.2 Å². The van der Waals surface area contributed by atoms with Crippen LogP contribution in [0.1, 0.15) is 10.8 Å². The van der Waals surface area contributed by atoms with Crippen LogP contribution in [0.3, 0.4) is 0 Å². The summed E-state index contributed by atoms with van der Waals surface area (Å²) in [5.74, 6) is 2.68. The van der Waals surface area contributed by atoms with Crippen molar-refractivity contribution in [3.8, 4) is 11.5 Å². The van der Waals surface area contributed by atoms with Crippen molar-refractivity contribution in [3.63, 3.8) is 0 Å². The molecule has 0 amide bonds. The van der Waals surface area contributed by atoms with E-state index in [1.54, 1.807) is 14.2 Å². The molecule has 19 heavy (non-hydrogen) atoms. The second-order valence-corrected chi connectivity index (χ2v) is 5.20. The van der Waals surface area contributed by atoms with Gasteiger partial charge >= 0.3 is 0 Å². The van der Waals surface area contributed by atoms with Crippen molar-refractivity contribution in [3.05, 3.63) is 47.7 Å². The van der Waals surface area contributed by atoms with Gasteiger partial charge in [-0.05, 0) is 18.2 Å². The zero-order chi connectivity index (χ0) is 13.4. The smallest absolute Gasteiger partial charge is 0.128 e. The van der Waals surface area contributed by atoms with Crippen LogP contribution >= 0.6 is 12.6 Å². The van der Waals surface area contributed by atoms with Crippen molar-refractivity contribution in [2.45, 2.75) is 11.4 Å². The fourth-order valence-corrected chi connectivity index (χ4v) is 3.00. The quantitative estimate of drug-likeness (QED) is 0.841. The average molecular weight is 276 g/mol. The van der Waals surface area contributed by atoms with Crippen LogP contribution in [0.2, 0.25) is 0 Å². The minimum Gasteiger partial charge on any atom is -0.497 e. The lowest BCUT2D eigenvalue weighted by Gasteiger charge is -2.36. The van der Waals surface area contributed by atoms with E-state index in [-0.39, 0.29) is 17.3 Å². The molecule has 100 valence electrons. The molecule has 0 fully saturated rings. The second kappa shape index (κ2) is 4.85. The van der Waals surface area contributed by atoms with Crippen LogP contribution in [-0.4, -0.2) is 20.3 Å². The molecule has 1 heterocycles. The topological polar surface area (TPSA) is 27.7 Å². The Morgan fingerprint density at radius 1 is 1.21 bits per heavy atom. The van der Waals surface area contributed by atoms with E-state index >= 15 is 0 Å². The largest absolute Gasteiger partial charge is 0.497 e. The highest BCUT2D eigenvalue weighted by Crippen LogP contribution is 2.46. The summed E-state index contributed by atoms with van der Waals surface area (Å²) in [6.45, 7) is 0. The van der Waals surface area contributed by atoms with Gasteiger partial charge in [0.1, 0.15) is 23.4 Å². The molecule has 0 saturated carbocycles. The Balaban J connectivity index is 1.99. The Labute approximate surface area is 118 Å². The highest BCUT2D eigenvalue weighted by Gasteiger charge is 2.35. The number of methoxy groups -OCH3 is 2. The molecule has 3 rings (SSSR count). The molecule has 0 saturated heterocycles. The van der Waals surface area contributed by atoms with Gasteiger partial charge in [-0.1, -0.05) is 12.1 Å². The van der Waals surface area contributed by atoms with Gasteiger partial charge in [-0.15, -0.1) is 0 Å². The number of fused-ring (bicyclic) bond motifs is 2. The maximum atomic E-state index is 6.04. The summed E-state index contributed by atoms with van der Waals surface area (Å²) in [7, 11) is 3.31. The number of thiol groups is 1. The maximum Gasteiger partial charge on any atom is 0.128 e. The van der Waals surface area contributed by atoms with Gasteiger partial charge in [0.15, 0.2) is 0 Å². The van der Waals surface area contributed by atoms with Crippen LogP contribution in [0, 0.1) is 5.92 Å². The van der Waals surface area contributed by atoms with Crippen molar-refractivity contribution in [1.82, 2.24) is 0 Å². The molecule has 1 aliphatic heterocycles. The first kappa shape index (κ1) is 12.5. The molecule has 0 radical (unpaired) electrons. The van der Waals surface area contributed by atoms with Gasteiger partial charge in [-0.25, -0.2) is 0 Å². The summed E-state index contributed by atoms with van der Waals surface area (Å²) in [4.78, 5) is 0. The van der Waals surface area contributed by atoms with E-state index in [0.29, 0.717) is 0 Å². The Morgan fingerprint density at radius 3 is 2.79 bits per heavy atom. The lowest BCUT2D eigenvalue weighted by molar-refractivity contribution is 0.166. The number of ether oxygens (including phenoxy) is 3. The van der Waals surface area contributed by atoms with Gasteiger partial charge in [0.25, 0.3) is 0 Å². The predicted molar refractivity (Wildman–Crippen MR) is 76.9 cm³/mol. The third-order valence-electron chi connectivity index (χ3n) is 3.59. The molecule has 4 heteroatoms. The molecule has 0 aromatic heterocycles. The SMILES string of the molecule is COC1=CC2Oc3cc(OC)ccc3C(S)C2C=C1. The molecular weight excluding hydrogens is 260 g/mol. The molecule has 1 aromatic carbocycles. The van der Waals surface area contributed by atoms with Crippen LogP contribution in [0.5, 0.6) is 11.5 Å². The van der Waals surface area contributed by atoms with Crippen LogP contribution in [0.4, 0.5) is 0 Å². The molecular formula is C15H16O3S. The first-order valence-corrected chi connectivity index (χ1v) is 6.71. The number of hydrogen-bond acceptors (Lipinski definition) is 4. The minimum atomic E-state index is -0.0398. The Morgan fingerprint density at radius 2 is 2.05 bits per heavy atom. The van der Waals surface area contributed by atoms with Crippen LogP contribution in [0.15, 0.2) is 42.2 Å². The van der Waals surface area contributed by atoms with Crippen molar-refractivity contribution in [1.29, 1.82) is 0 Å². The van der Waals surface area contributed by atoms with Crippen molar-refractivity contribution < 1.29 is 14.2 Å². The standard InChI is InChI=1S/C15H16O3S/c1-16-9-3-5-11-13(7-9)18-14-8-10(17-2)4-6-12(14)15(11)19/h3-8,11,13,15,19H,1-2H3. The molecule has 3 unspecified atom stereocenters. The number of rotatable bonds is 2. The summed E-state index contributed by atoms with van der Waals surface area (Å²) < 4.78 is 16.5. The van der Waals surface area contributed by atoms with Crippen LogP contribution < -0.4 is 9.47 Å². The monoisotopic (exact) mass is 276 g/mol. The fraction of sp³-hybridized carbons (Fsp3) is 0.333. The normalized spacial score (nSPS) is 27.7. The summed E-state index contributed by atoms with van der Waals surface area (Å²) in [5.41, 5.74) is 1.10. The van der Waals surface area contributed by atoms with Crippen LogP contribution in [-0.2, 0) is 4.74 Å². The summed E-state index contributed by atoms with van der Waals surface area (Å²) in [6.07, 6.45) is 6.04. The third kappa shape index (κ3) is 2.10. The third-order valence-corrected chi connectivity index (χ3v) is 4.22. The van der Waals surface area contributed by atoms with E-state index in [9.17, 15) is 0 Å². The zero-order valence-electron chi connectivity index (χ0n) is 10.9. The van der Waals surface area contributed by atoms with E-state index in [1.165, 1.54) is 0 Å². The van der Waals surface area contributed by atoms with Gasteiger partial charge in [0.2, 0.25) is 0 Å². The fourth-order valence-electron chi connectivity index (χ4n) is 2.52. The molecule has 0 bridgehead atoms. The number of hydrogen-bond donors (Lipinski definition) is 1. The summed E-state index contributed by atoms with van der Waals surface area (Å²) in [6, 6.07) is 5.87. The van der Waals surface area contributed by atoms with E-state index in [0.717, 1.165) is 22.8 Å². The lowest BCUT2D eigenvalue weighted by atomic mass is 9.87. The second-order valence-electron chi connectivity index (χ2n) is 4.64. The number of benzene rings is 1. The van der Waals surface area contributed by atoms with Crippen molar-refractivity contribution >= 4 is 12.6 Å². The van der Waals surface area contributed by atoms with Gasteiger partial charge in [0, 0.05) is 22.8 Å². The molecule has 1 aromatic rings. The van der Waals surface area contributed by atoms with E-state index in [4.69, 9.17) is 26.8 Å². The molecule has 3 atom stereocenters. The highest BCUT2D eigenvalue weighted by atomic mass is 32.1. The molecule has 1 aliphatic carbocycles.